The summed E-state index contributed by atoms with van der Waals surface area (Å²) in [5.41, 5.74) is 3.41. The number of nitrogens with zero attached hydrogens (tertiary/aromatic N) is 5. The zero-order chi connectivity index (χ0) is 20.5. The molecule has 2 aromatic rings. The summed E-state index contributed by atoms with van der Waals surface area (Å²) in [6, 6.07) is 20.6. The standard InChI is InChI=1S/C23H21N5/c1-4-28(5-2)20-11-12-21(17(3)13-20)27-22(16-26)23(19(14-24)15-25)18-9-7-6-8-10-18/h6-13H,4-5H2,1-3H3. The van der Waals surface area contributed by atoms with E-state index in [4.69, 9.17) is 0 Å². The van der Waals surface area contributed by atoms with Gasteiger partial charge in [-0.2, -0.15) is 15.8 Å². The lowest BCUT2D eigenvalue weighted by Gasteiger charge is -2.21. The first-order chi connectivity index (χ1) is 13.6. The highest BCUT2D eigenvalue weighted by molar-refractivity contribution is 6.33. The van der Waals surface area contributed by atoms with Gasteiger partial charge in [0, 0.05) is 24.4 Å². The van der Waals surface area contributed by atoms with Crippen LogP contribution < -0.4 is 4.90 Å². The Kier molecular flexibility index (Phi) is 7.09. The van der Waals surface area contributed by atoms with Gasteiger partial charge in [0.15, 0.2) is 5.71 Å². The normalized spacial score (nSPS) is 10.4. The lowest BCUT2D eigenvalue weighted by molar-refractivity contribution is 0.865. The molecule has 0 aliphatic carbocycles. The van der Waals surface area contributed by atoms with Crippen LogP contribution in [0.4, 0.5) is 11.4 Å². The summed E-state index contributed by atoms with van der Waals surface area (Å²) in [7, 11) is 0. The van der Waals surface area contributed by atoms with Crippen molar-refractivity contribution in [3.8, 4) is 18.2 Å². The summed E-state index contributed by atoms with van der Waals surface area (Å²) in [6.07, 6.45) is 0. The third-order valence-electron chi connectivity index (χ3n) is 4.42. The van der Waals surface area contributed by atoms with Crippen molar-refractivity contribution >= 4 is 22.7 Å². The molecule has 0 aromatic heterocycles. The summed E-state index contributed by atoms with van der Waals surface area (Å²) in [6.45, 7) is 7.93. The van der Waals surface area contributed by atoms with Crippen molar-refractivity contribution in [2.75, 3.05) is 18.0 Å². The molecule has 0 aliphatic rings. The minimum Gasteiger partial charge on any atom is -0.372 e. The van der Waals surface area contributed by atoms with Crippen LogP contribution in [0.2, 0.25) is 0 Å². The molecule has 28 heavy (non-hydrogen) atoms. The van der Waals surface area contributed by atoms with Crippen LogP contribution in [0.25, 0.3) is 5.57 Å². The van der Waals surface area contributed by atoms with Crippen molar-refractivity contribution in [1.29, 1.82) is 15.8 Å². The van der Waals surface area contributed by atoms with Crippen LogP contribution in [0.15, 0.2) is 59.1 Å². The first kappa shape index (κ1) is 20.4. The lowest BCUT2D eigenvalue weighted by atomic mass is 9.96. The smallest absolute Gasteiger partial charge is 0.151 e. The van der Waals surface area contributed by atoms with E-state index in [1.54, 1.807) is 24.3 Å². The summed E-state index contributed by atoms with van der Waals surface area (Å²) in [4.78, 5) is 6.73. The summed E-state index contributed by atoms with van der Waals surface area (Å²) < 4.78 is 0. The molecule has 0 saturated heterocycles. The molecule has 0 heterocycles. The molecule has 0 atom stereocenters. The zero-order valence-electron chi connectivity index (χ0n) is 16.3. The lowest BCUT2D eigenvalue weighted by Crippen LogP contribution is -2.21. The maximum absolute atomic E-state index is 9.73. The monoisotopic (exact) mass is 367 g/mol. The summed E-state index contributed by atoms with van der Waals surface area (Å²) in [5.74, 6) is 0. The number of aliphatic imine (C=N–C) groups is 1. The molecule has 0 spiro atoms. The third kappa shape index (κ3) is 4.44. The largest absolute Gasteiger partial charge is 0.372 e. The van der Waals surface area contributed by atoms with Crippen molar-refractivity contribution in [2.24, 2.45) is 4.99 Å². The van der Waals surface area contributed by atoms with Crippen molar-refractivity contribution < 1.29 is 0 Å². The summed E-state index contributed by atoms with van der Waals surface area (Å²) in [5, 5.41) is 28.5. The molecule has 2 rings (SSSR count). The highest BCUT2D eigenvalue weighted by Gasteiger charge is 2.17. The van der Waals surface area contributed by atoms with Gasteiger partial charge in [0.05, 0.1) is 5.69 Å². The first-order valence-corrected chi connectivity index (χ1v) is 9.04. The van der Waals surface area contributed by atoms with E-state index in [-0.39, 0.29) is 16.9 Å². The van der Waals surface area contributed by atoms with E-state index in [0.29, 0.717) is 11.3 Å². The van der Waals surface area contributed by atoms with Crippen LogP contribution in [-0.4, -0.2) is 18.8 Å². The van der Waals surface area contributed by atoms with Crippen LogP contribution in [0.1, 0.15) is 25.0 Å². The first-order valence-electron chi connectivity index (χ1n) is 9.04. The molecule has 0 N–H and O–H groups in total. The average Bonchev–Trinajstić information content (AvgIpc) is 2.73. The maximum atomic E-state index is 9.73. The van der Waals surface area contributed by atoms with Crippen molar-refractivity contribution in [3.63, 3.8) is 0 Å². The molecule has 5 nitrogen and oxygen atoms in total. The topological polar surface area (TPSA) is 87.0 Å². The van der Waals surface area contributed by atoms with Gasteiger partial charge in [-0.1, -0.05) is 30.3 Å². The minimum absolute atomic E-state index is 0.0444. The van der Waals surface area contributed by atoms with Gasteiger partial charge >= 0.3 is 0 Å². The van der Waals surface area contributed by atoms with Crippen LogP contribution in [0.3, 0.4) is 0 Å². The Morgan fingerprint density at radius 2 is 1.57 bits per heavy atom. The highest BCUT2D eigenvalue weighted by Crippen LogP contribution is 2.28. The Bertz CT molecular complexity index is 1010. The third-order valence-corrected chi connectivity index (χ3v) is 4.42. The number of aryl methyl sites for hydroxylation is 1. The minimum atomic E-state index is -0.135. The number of rotatable bonds is 6. The predicted octanol–water partition coefficient (Wildman–Crippen LogP) is 4.94. The van der Waals surface area contributed by atoms with E-state index in [1.807, 2.05) is 43.3 Å². The van der Waals surface area contributed by atoms with Crippen LogP contribution in [0.5, 0.6) is 0 Å². The van der Waals surface area contributed by atoms with Crippen molar-refractivity contribution in [2.45, 2.75) is 20.8 Å². The Morgan fingerprint density at radius 3 is 2.07 bits per heavy atom. The van der Waals surface area contributed by atoms with Gasteiger partial charge in [-0.3, -0.25) is 0 Å². The van der Waals surface area contributed by atoms with E-state index in [2.05, 4.69) is 29.8 Å². The second-order valence-corrected chi connectivity index (χ2v) is 6.05. The fraction of sp³-hybridized carbons (Fsp3) is 0.217. The van der Waals surface area contributed by atoms with Gasteiger partial charge in [0.2, 0.25) is 0 Å². The van der Waals surface area contributed by atoms with Crippen LogP contribution in [-0.2, 0) is 0 Å². The SMILES string of the molecule is CCN(CC)c1ccc(N=C(C#N)C(=C(C#N)C#N)c2ccccc2)c(C)c1. The maximum Gasteiger partial charge on any atom is 0.151 e. The molecule has 2 aromatic carbocycles. The van der Waals surface area contributed by atoms with Crippen molar-refractivity contribution in [3.05, 3.63) is 65.2 Å². The molecule has 0 unspecified atom stereocenters. The average molecular weight is 367 g/mol. The molecule has 138 valence electrons. The van der Waals surface area contributed by atoms with Gasteiger partial charge in [-0.15, -0.1) is 0 Å². The fourth-order valence-corrected chi connectivity index (χ4v) is 2.95. The predicted molar refractivity (Wildman–Crippen MR) is 112 cm³/mol. The van der Waals surface area contributed by atoms with Crippen LogP contribution in [0, 0.1) is 40.9 Å². The quantitative estimate of drug-likeness (QED) is 0.534. The van der Waals surface area contributed by atoms with Gasteiger partial charge in [-0.25, -0.2) is 4.99 Å². The van der Waals surface area contributed by atoms with E-state index in [1.165, 1.54) is 0 Å². The Morgan fingerprint density at radius 1 is 0.929 bits per heavy atom. The molecule has 0 fully saturated rings. The Labute approximate surface area is 166 Å². The van der Waals surface area contributed by atoms with E-state index in [9.17, 15) is 15.8 Å². The number of anilines is 1. The number of hydrogen-bond acceptors (Lipinski definition) is 5. The van der Waals surface area contributed by atoms with Crippen LogP contribution >= 0.6 is 0 Å². The molecular weight excluding hydrogens is 346 g/mol. The zero-order valence-corrected chi connectivity index (χ0v) is 16.3. The van der Waals surface area contributed by atoms with Gasteiger partial charge in [0.25, 0.3) is 0 Å². The molecule has 5 heteroatoms. The number of nitriles is 3. The number of allylic oxidation sites excluding steroid dienone is 2. The number of benzene rings is 2. The van der Waals surface area contributed by atoms with Crippen molar-refractivity contribution in [1.82, 2.24) is 0 Å². The summed E-state index contributed by atoms with van der Waals surface area (Å²) >= 11 is 0. The second kappa shape index (κ2) is 9.72. The van der Waals surface area contributed by atoms with Gasteiger partial charge < -0.3 is 4.90 Å². The molecule has 0 saturated carbocycles. The molecule has 0 radical (unpaired) electrons. The molecule has 0 amide bonds. The molecule has 0 bridgehead atoms. The van der Waals surface area contributed by atoms with E-state index >= 15 is 0 Å². The molecular formula is C23H21N5. The van der Waals surface area contributed by atoms with E-state index in [0.717, 1.165) is 24.3 Å². The second-order valence-electron chi connectivity index (χ2n) is 6.05. The number of hydrogen-bond donors (Lipinski definition) is 0. The van der Waals surface area contributed by atoms with Gasteiger partial charge in [0.1, 0.15) is 23.8 Å². The van der Waals surface area contributed by atoms with Gasteiger partial charge in [-0.05, 0) is 50.1 Å². The highest BCUT2D eigenvalue weighted by atomic mass is 15.1. The fourth-order valence-electron chi connectivity index (χ4n) is 2.95. The molecule has 0 aliphatic heterocycles. The Balaban J connectivity index is 2.61. The van der Waals surface area contributed by atoms with E-state index < -0.39 is 0 Å². The Hall–Kier alpha value is -3.88.